The minimum Gasteiger partial charge on any atom is -0.355 e. The lowest BCUT2D eigenvalue weighted by Crippen LogP contribution is -2.40. The van der Waals surface area contributed by atoms with Crippen molar-refractivity contribution in [2.24, 2.45) is 0 Å². The summed E-state index contributed by atoms with van der Waals surface area (Å²) in [7, 11) is -3.71. The molecule has 1 aromatic heterocycles. The summed E-state index contributed by atoms with van der Waals surface area (Å²) in [6.45, 7) is 3.86. The second kappa shape index (κ2) is 6.65. The number of hydrogen-bond donors (Lipinski definition) is 1. The summed E-state index contributed by atoms with van der Waals surface area (Å²) in [4.78, 5) is 11.8. The number of nitrogens with one attached hydrogen (secondary N) is 1. The van der Waals surface area contributed by atoms with Gasteiger partial charge in [0.25, 0.3) is 10.0 Å². The number of sulfonamides is 1. The van der Waals surface area contributed by atoms with Gasteiger partial charge in [-0.05, 0) is 19.1 Å². The van der Waals surface area contributed by atoms with Gasteiger partial charge in [0, 0.05) is 13.1 Å². The van der Waals surface area contributed by atoms with Crippen LogP contribution in [-0.4, -0.2) is 38.3 Å². The highest BCUT2D eigenvalue weighted by molar-refractivity contribution is 7.91. The summed E-state index contributed by atoms with van der Waals surface area (Å²) >= 11 is 0.902. The van der Waals surface area contributed by atoms with E-state index in [1.165, 1.54) is 12.1 Å². The Morgan fingerprint density at radius 3 is 2.63 bits per heavy atom. The molecule has 0 aliphatic heterocycles. The predicted octanol–water partition coefficient (Wildman–Crippen LogP) is 0.766. The molecule has 0 saturated carbocycles. The number of amides is 1. The van der Waals surface area contributed by atoms with Gasteiger partial charge in [-0.25, -0.2) is 8.42 Å². The third-order valence-electron chi connectivity index (χ3n) is 2.33. The summed E-state index contributed by atoms with van der Waals surface area (Å²) in [6, 6.07) is 4.74. The fourth-order valence-electron chi connectivity index (χ4n) is 1.43. The van der Waals surface area contributed by atoms with E-state index in [1.54, 1.807) is 13.8 Å². The number of nitrogens with zero attached hydrogens (tertiary/aromatic N) is 2. The van der Waals surface area contributed by atoms with E-state index in [9.17, 15) is 13.2 Å². The highest BCUT2D eigenvalue weighted by Gasteiger charge is 2.26. The lowest BCUT2D eigenvalue weighted by Gasteiger charge is -2.18. The van der Waals surface area contributed by atoms with E-state index >= 15 is 0 Å². The molecule has 1 amide bonds. The molecule has 0 bridgehead atoms. The summed E-state index contributed by atoms with van der Waals surface area (Å²) in [6.07, 6.45) is 0. The number of carbonyl (C=O) groups excluding carboxylic acids is 1. The maximum Gasteiger partial charge on any atom is 0.253 e. The summed E-state index contributed by atoms with van der Waals surface area (Å²) in [5, 5.41) is 11.3. The minimum atomic E-state index is -3.71. The minimum absolute atomic E-state index is 0.0789. The molecule has 1 aromatic rings. The van der Waals surface area contributed by atoms with Crippen LogP contribution in [0.15, 0.2) is 16.3 Å². The Labute approximate surface area is 116 Å². The van der Waals surface area contributed by atoms with Crippen LogP contribution in [0, 0.1) is 11.3 Å². The Kier molecular flexibility index (Phi) is 5.47. The van der Waals surface area contributed by atoms with E-state index < -0.39 is 10.0 Å². The molecule has 1 N–H and O–H groups in total. The second-order valence-electron chi connectivity index (χ2n) is 3.62. The zero-order chi connectivity index (χ0) is 14.5. The smallest absolute Gasteiger partial charge is 0.253 e. The van der Waals surface area contributed by atoms with Crippen LogP contribution < -0.4 is 5.32 Å². The molecule has 6 nitrogen and oxygen atoms in total. The first-order valence-electron chi connectivity index (χ1n) is 5.72. The molecule has 0 aliphatic carbocycles. The molecule has 104 valence electrons. The van der Waals surface area contributed by atoms with Crippen molar-refractivity contribution in [2.75, 3.05) is 19.6 Å². The van der Waals surface area contributed by atoms with E-state index in [0.29, 0.717) is 11.4 Å². The molecular weight excluding hydrogens is 286 g/mol. The molecule has 0 aliphatic rings. The first-order chi connectivity index (χ1) is 8.95. The van der Waals surface area contributed by atoms with Gasteiger partial charge >= 0.3 is 0 Å². The van der Waals surface area contributed by atoms with Gasteiger partial charge in [-0.2, -0.15) is 9.57 Å². The molecule has 0 spiro atoms. The number of thiophene rings is 1. The molecule has 8 heteroatoms. The molecule has 0 fully saturated rings. The number of likely N-dealkylation sites (N-methyl/N-ethyl adjacent to an activating group) is 2. The van der Waals surface area contributed by atoms with Crippen molar-refractivity contribution in [1.29, 1.82) is 5.26 Å². The van der Waals surface area contributed by atoms with Gasteiger partial charge in [0.05, 0.1) is 6.54 Å². The van der Waals surface area contributed by atoms with E-state index in [0.717, 1.165) is 15.6 Å². The number of nitriles is 1. The Bertz CT molecular complexity index is 587. The molecule has 19 heavy (non-hydrogen) atoms. The molecule has 1 heterocycles. The van der Waals surface area contributed by atoms with E-state index in [2.05, 4.69) is 5.32 Å². The van der Waals surface area contributed by atoms with Crippen LogP contribution in [0.2, 0.25) is 0 Å². The van der Waals surface area contributed by atoms with E-state index in [-0.39, 0.29) is 23.2 Å². The summed E-state index contributed by atoms with van der Waals surface area (Å²) in [5.41, 5.74) is 0. The monoisotopic (exact) mass is 301 g/mol. The van der Waals surface area contributed by atoms with Crippen molar-refractivity contribution in [3.05, 3.63) is 17.0 Å². The SMILES string of the molecule is CCNC(=O)CN(CC)S(=O)(=O)c1ccc(C#N)s1. The Balaban J connectivity index is 2.96. The number of carbonyl (C=O) groups is 1. The van der Waals surface area contributed by atoms with Gasteiger partial charge in [-0.15, -0.1) is 11.3 Å². The van der Waals surface area contributed by atoms with Gasteiger partial charge in [0.1, 0.15) is 15.2 Å². The van der Waals surface area contributed by atoms with Crippen molar-refractivity contribution >= 4 is 27.3 Å². The standard InChI is InChI=1S/C11H15N3O3S2/c1-3-13-10(15)8-14(4-2)19(16,17)11-6-5-9(7-12)18-11/h5-6H,3-4,8H2,1-2H3,(H,13,15). The van der Waals surface area contributed by atoms with Crippen molar-refractivity contribution in [1.82, 2.24) is 9.62 Å². The lowest BCUT2D eigenvalue weighted by molar-refractivity contribution is -0.121. The third kappa shape index (κ3) is 3.76. The average Bonchev–Trinajstić information content (AvgIpc) is 2.85. The maximum atomic E-state index is 12.3. The normalized spacial score (nSPS) is 11.3. The van der Waals surface area contributed by atoms with Gasteiger partial charge in [0.2, 0.25) is 5.91 Å². The molecular formula is C11H15N3O3S2. The molecule has 0 atom stereocenters. The van der Waals surface area contributed by atoms with Crippen LogP contribution in [0.3, 0.4) is 0 Å². The highest BCUT2D eigenvalue weighted by Crippen LogP contribution is 2.24. The molecule has 1 rings (SSSR count). The predicted molar refractivity (Wildman–Crippen MR) is 72.2 cm³/mol. The van der Waals surface area contributed by atoms with Crippen LogP contribution in [-0.2, 0) is 14.8 Å². The van der Waals surface area contributed by atoms with E-state index in [1.807, 2.05) is 6.07 Å². The first kappa shape index (κ1) is 15.6. The number of hydrogen-bond acceptors (Lipinski definition) is 5. The Morgan fingerprint density at radius 1 is 1.47 bits per heavy atom. The van der Waals surface area contributed by atoms with Crippen molar-refractivity contribution in [2.45, 2.75) is 18.1 Å². The lowest BCUT2D eigenvalue weighted by atomic mass is 10.5. The fraction of sp³-hybridized carbons (Fsp3) is 0.455. The van der Waals surface area contributed by atoms with Crippen molar-refractivity contribution in [3.8, 4) is 6.07 Å². The fourth-order valence-corrected chi connectivity index (χ4v) is 4.09. The molecule has 0 saturated heterocycles. The zero-order valence-electron chi connectivity index (χ0n) is 10.7. The molecule has 0 aromatic carbocycles. The third-order valence-corrected chi connectivity index (χ3v) is 5.71. The topological polar surface area (TPSA) is 90.3 Å². The highest BCUT2D eigenvalue weighted by atomic mass is 32.2. The average molecular weight is 301 g/mol. The van der Waals surface area contributed by atoms with Crippen LogP contribution in [0.25, 0.3) is 0 Å². The van der Waals surface area contributed by atoms with Gasteiger partial charge in [0.15, 0.2) is 0 Å². The zero-order valence-corrected chi connectivity index (χ0v) is 12.3. The van der Waals surface area contributed by atoms with Gasteiger partial charge in [-0.3, -0.25) is 4.79 Å². The largest absolute Gasteiger partial charge is 0.355 e. The van der Waals surface area contributed by atoms with Crippen molar-refractivity contribution < 1.29 is 13.2 Å². The summed E-state index contributed by atoms with van der Waals surface area (Å²) in [5.74, 6) is -0.343. The number of rotatable bonds is 6. The van der Waals surface area contributed by atoms with Crippen LogP contribution >= 0.6 is 11.3 Å². The summed E-state index contributed by atoms with van der Waals surface area (Å²) < 4.78 is 25.7. The molecule has 0 unspecified atom stereocenters. The Morgan fingerprint density at radius 2 is 2.16 bits per heavy atom. The Hall–Kier alpha value is -1.43. The van der Waals surface area contributed by atoms with Crippen LogP contribution in [0.4, 0.5) is 0 Å². The van der Waals surface area contributed by atoms with Crippen molar-refractivity contribution in [3.63, 3.8) is 0 Å². The van der Waals surface area contributed by atoms with Gasteiger partial charge in [-0.1, -0.05) is 6.92 Å². The second-order valence-corrected chi connectivity index (χ2v) is 6.86. The maximum absolute atomic E-state index is 12.3. The van der Waals surface area contributed by atoms with Crippen LogP contribution in [0.5, 0.6) is 0 Å². The van der Waals surface area contributed by atoms with Gasteiger partial charge < -0.3 is 5.32 Å². The van der Waals surface area contributed by atoms with E-state index in [4.69, 9.17) is 5.26 Å². The molecule has 0 radical (unpaired) electrons. The van der Waals surface area contributed by atoms with Crippen LogP contribution in [0.1, 0.15) is 18.7 Å². The first-order valence-corrected chi connectivity index (χ1v) is 7.98. The quantitative estimate of drug-likeness (QED) is 0.840.